The van der Waals surface area contributed by atoms with Crippen LogP contribution in [0.3, 0.4) is 0 Å². The standard InChI is InChI=1S/C14H15BrClNS/c15-14-7-6-13(18-14)10-17-12-5-1-3-11(9-12)4-2-8-16/h1,3,5-7,9,17H,2,4,8,10H2. The van der Waals surface area contributed by atoms with Crippen LogP contribution in [-0.2, 0) is 13.0 Å². The van der Waals surface area contributed by atoms with Gasteiger partial charge in [-0.25, -0.2) is 0 Å². The van der Waals surface area contributed by atoms with Gasteiger partial charge >= 0.3 is 0 Å². The van der Waals surface area contributed by atoms with E-state index in [0.717, 1.165) is 25.3 Å². The Hall–Kier alpha value is -0.510. The predicted molar refractivity (Wildman–Crippen MR) is 84.8 cm³/mol. The van der Waals surface area contributed by atoms with Crippen LogP contribution in [0.5, 0.6) is 0 Å². The highest BCUT2D eigenvalue weighted by Crippen LogP contribution is 2.23. The lowest BCUT2D eigenvalue weighted by atomic mass is 10.1. The Morgan fingerprint density at radius 1 is 1.22 bits per heavy atom. The minimum atomic E-state index is 0.723. The van der Waals surface area contributed by atoms with Crippen molar-refractivity contribution in [2.24, 2.45) is 0 Å². The summed E-state index contributed by atoms with van der Waals surface area (Å²) in [6, 6.07) is 12.8. The van der Waals surface area contributed by atoms with Crippen molar-refractivity contribution >= 4 is 44.6 Å². The Labute approximate surface area is 125 Å². The Morgan fingerprint density at radius 3 is 2.83 bits per heavy atom. The molecule has 96 valence electrons. The second kappa shape index (κ2) is 7.17. The number of nitrogens with one attached hydrogen (secondary N) is 1. The summed E-state index contributed by atoms with van der Waals surface area (Å²) in [6.07, 6.45) is 2.08. The Kier molecular flexibility index (Phi) is 5.54. The first-order valence-corrected chi connectivity index (χ1v) is 8.05. The number of benzene rings is 1. The molecule has 0 saturated carbocycles. The van der Waals surface area contributed by atoms with E-state index in [2.05, 4.69) is 57.6 Å². The smallest absolute Gasteiger partial charge is 0.0702 e. The van der Waals surface area contributed by atoms with E-state index in [4.69, 9.17) is 11.6 Å². The van der Waals surface area contributed by atoms with E-state index in [1.165, 1.54) is 19.9 Å². The SMILES string of the molecule is ClCCCc1cccc(NCc2ccc(Br)s2)c1. The summed E-state index contributed by atoms with van der Waals surface area (Å²) in [7, 11) is 0. The molecule has 1 nitrogen and oxygen atoms in total. The van der Waals surface area contributed by atoms with E-state index in [-0.39, 0.29) is 0 Å². The number of aryl methyl sites for hydroxylation is 1. The minimum absolute atomic E-state index is 0.723. The molecule has 0 fully saturated rings. The second-order valence-electron chi connectivity index (χ2n) is 4.05. The number of thiophene rings is 1. The van der Waals surface area contributed by atoms with Crippen molar-refractivity contribution in [1.29, 1.82) is 0 Å². The zero-order chi connectivity index (χ0) is 12.8. The third-order valence-electron chi connectivity index (χ3n) is 2.62. The molecule has 4 heteroatoms. The molecule has 0 aliphatic heterocycles. The minimum Gasteiger partial charge on any atom is -0.380 e. The van der Waals surface area contributed by atoms with E-state index < -0.39 is 0 Å². The fourth-order valence-corrected chi connectivity index (χ4v) is 3.30. The van der Waals surface area contributed by atoms with Crippen LogP contribution in [0.15, 0.2) is 40.2 Å². The van der Waals surface area contributed by atoms with Crippen LogP contribution in [0.4, 0.5) is 5.69 Å². The van der Waals surface area contributed by atoms with Gasteiger partial charge in [0, 0.05) is 23.0 Å². The van der Waals surface area contributed by atoms with E-state index in [1.807, 2.05) is 0 Å². The lowest BCUT2D eigenvalue weighted by Gasteiger charge is -2.07. The molecule has 0 atom stereocenters. The van der Waals surface area contributed by atoms with Gasteiger partial charge < -0.3 is 5.32 Å². The van der Waals surface area contributed by atoms with Crippen LogP contribution in [0.25, 0.3) is 0 Å². The van der Waals surface area contributed by atoms with Gasteiger partial charge in [0.2, 0.25) is 0 Å². The van der Waals surface area contributed by atoms with Crippen molar-refractivity contribution in [2.45, 2.75) is 19.4 Å². The van der Waals surface area contributed by atoms with Gasteiger partial charge in [0.1, 0.15) is 0 Å². The highest BCUT2D eigenvalue weighted by molar-refractivity contribution is 9.11. The van der Waals surface area contributed by atoms with Crippen LogP contribution in [-0.4, -0.2) is 5.88 Å². The molecular formula is C14H15BrClNS. The van der Waals surface area contributed by atoms with Crippen LogP contribution in [0.2, 0.25) is 0 Å². The van der Waals surface area contributed by atoms with Gasteiger partial charge in [0.25, 0.3) is 0 Å². The van der Waals surface area contributed by atoms with Gasteiger partial charge in [-0.15, -0.1) is 22.9 Å². The Bertz CT molecular complexity index is 498. The zero-order valence-corrected chi connectivity index (χ0v) is 13.1. The molecule has 0 aliphatic rings. The summed E-state index contributed by atoms with van der Waals surface area (Å²) in [4.78, 5) is 1.33. The van der Waals surface area contributed by atoms with Gasteiger partial charge in [-0.1, -0.05) is 12.1 Å². The van der Waals surface area contributed by atoms with Crippen LogP contribution in [0.1, 0.15) is 16.9 Å². The third kappa shape index (κ3) is 4.30. The molecule has 0 radical (unpaired) electrons. The highest BCUT2D eigenvalue weighted by atomic mass is 79.9. The van der Waals surface area contributed by atoms with E-state index in [1.54, 1.807) is 11.3 Å². The van der Waals surface area contributed by atoms with Gasteiger partial charge in [-0.3, -0.25) is 0 Å². The summed E-state index contributed by atoms with van der Waals surface area (Å²) >= 11 is 11.0. The molecule has 2 rings (SSSR count). The predicted octanol–water partition coefficient (Wildman–Crippen LogP) is 5.29. The number of halogens is 2. The Morgan fingerprint density at radius 2 is 2.11 bits per heavy atom. The van der Waals surface area contributed by atoms with Gasteiger partial charge in [-0.2, -0.15) is 0 Å². The fraction of sp³-hybridized carbons (Fsp3) is 0.286. The molecule has 1 N–H and O–H groups in total. The molecule has 0 spiro atoms. The zero-order valence-electron chi connectivity index (χ0n) is 9.96. The average molecular weight is 345 g/mol. The lowest BCUT2D eigenvalue weighted by molar-refractivity contribution is 0.928. The van der Waals surface area contributed by atoms with E-state index in [0.29, 0.717) is 0 Å². The maximum absolute atomic E-state index is 5.72. The molecule has 18 heavy (non-hydrogen) atoms. The number of hydrogen-bond acceptors (Lipinski definition) is 2. The summed E-state index contributed by atoms with van der Waals surface area (Å²) < 4.78 is 1.18. The molecule has 1 heterocycles. The molecule has 1 aromatic heterocycles. The largest absolute Gasteiger partial charge is 0.380 e. The summed E-state index contributed by atoms with van der Waals surface area (Å²) in [5.41, 5.74) is 2.51. The first-order valence-electron chi connectivity index (χ1n) is 5.91. The Balaban J connectivity index is 1.92. The molecule has 0 aliphatic carbocycles. The van der Waals surface area contributed by atoms with Crippen molar-refractivity contribution in [2.75, 3.05) is 11.2 Å². The van der Waals surface area contributed by atoms with Crippen molar-refractivity contribution in [3.8, 4) is 0 Å². The fourth-order valence-electron chi connectivity index (χ4n) is 1.74. The maximum atomic E-state index is 5.72. The number of anilines is 1. The van der Waals surface area contributed by atoms with Crippen molar-refractivity contribution in [3.63, 3.8) is 0 Å². The molecular weight excluding hydrogens is 330 g/mol. The molecule has 2 aromatic rings. The quantitative estimate of drug-likeness (QED) is 0.702. The van der Waals surface area contributed by atoms with Gasteiger partial charge in [0.05, 0.1) is 3.79 Å². The van der Waals surface area contributed by atoms with Crippen molar-refractivity contribution < 1.29 is 0 Å². The third-order valence-corrected chi connectivity index (χ3v) is 4.51. The van der Waals surface area contributed by atoms with Gasteiger partial charge in [-0.05, 0) is 58.6 Å². The summed E-state index contributed by atoms with van der Waals surface area (Å²) in [5, 5.41) is 3.45. The topological polar surface area (TPSA) is 12.0 Å². The normalized spacial score (nSPS) is 10.6. The molecule has 0 unspecified atom stereocenters. The number of alkyl halides is 1. The van der Waals surface area contributed by atoms with Gasteiger partial charge in [0.15, 0.2) is 0 Å². The second-order valence-corrected chi connectivity index (χ2v) is 6.98. The first-order chi connectivity index (χ1) is 8.78. The van der Waals surface area contributed by atoms with Crippen LogP contribution >= 0.6 is 38.9 Å². The summed E-state index contributed by atoms with van der Waals surface area (Å²) in [6.45, 7) is 0.870. The first kappa shape index (κ1) is 13.9. The average Bonchev–Trinajstić information content (AvgIpc) is 2.80. The van der Waals surface area contributed by atoms with Crippen molar-refractivity contribution in [3.05, 3.63) is 50.6 Å². The maximum Gasteiger partial charge on any atom is 0.0702 e. The molecule has 0 saturated heterocycles. The molecule has 1 aromatic carbocycles. The van der Waals surface area contributed by atoms with Crippen LogP contribution < -0.4 is 5.32 Å². The highest BCUT2D eigenvalue weighted by Gasteiger charge is 1.99. The summed E-state index contributed by atoms with van der Waals surface area (Å²) in [5.74, 6) is 0.723. The molecule has 0 amide bonds. The molecule has 0 bridgehead atoms. The van der Waals surface area contributed by atoms with E-state index in [9.17, 15) is 0 Å². The lowest BCUT2D eigenvalue weighted by Crippen LogP contribution is -1.98. The number of hydrogen-bond donors (Lipinski definition) is 1. The van der Waals surface area contributed by atoms with Crippen LogP contribution in [0, 0.1) is 0 Å². The van der Waals surface area contributed by atoms with Crippen molar-refractivity contribution in [1.82, 2.24) is 0 Å². The van der Waals surface area contributed by atoms with E-state index >= 15 is 0 Å². The monoisotopic (exact) mass is 343 g/mol. The number of rotatable bonds is 6.